The van der Waals surface area contributed by atoms with Crippen molar-refractivity contribution in [3.8, 4) is 0 Å². The van der Waals surface area contributed by atoms with Crippen LogP contribution in [-0.2, 0) is 0 Å². The fourth-order valence-corrected chi connectivity index (χ4v) is 2.52. The van der Waals surface area contributed by atoms with Crippen molar-refractivity contribution in [3.05, 3.63) is 77.0 Å². The minimum atomic E-state index is 0.609. The molecule has 0 atom stereocenters. The Morgan fingerprint density at radius 1 is 1.05 bits per heavy atom. The number of benzodiazepines with no additional fused rings is 1. The Morgan fingerprint density at radius 2 is 1.85 bits per heavy atom. The predicted molar refractivity (Wildman–Crippen MR) is 85.6 cm³/mol. The van der Waals surface area contributed by atoms with Crippen molar-refractivity contribution in [1.82, 2.24) is 0 Å². The largest absolute Gasteiger partial charge is 0.357 e. The zero-order valence-electron chi connectivity index (χ0n) is 11.9. The lowest BCUT2D eigenvalue weighted by Crippen LogP contribution is -2.07. The van der Waals surface area contributed by atoms with Crippen LogP contribution in [0.2, 0.25) is 0 Å². The highest BCUT2D eigenvalue weighted by Gasteiger charge is 2.17. The molecule has 0 aromatic heterocycles. The molecule has 2 aromatic rings. The highest BCUT2D eigenvalue weighted by molar-refractivity contribution is 6.17. The third-order valence-electron chi connectivity index (χ3n) is 3.57. The summed E-state index contributed by atoms with van der Waals surface area (Å²) in [5.74, 6) is 0. The van der Waals surface area contributed by atoms with Crippen LogP contribution in [0, 0.1) is 13.8 Å². The number of aliphatic imine (C=N–C) groups is 1. The summed E-state index contributed by atoms with van der Waals surface area (Å²) in [4.78, 5) is 4.77. The van der Waals surface area contributed by atoms with Crippen molar-refractivity contribution >= 4 is 11.4 Å². The molecule has 0 bridgehead atoms. The SMILES string of the molecule is C=C1CN=C(c2ccccc2C)c2cc(C)ccc2N1. The number of fused-ring (bicyclic) bond motifs is 1. The molecule has 2 heteroatoms. The lowest BCUT2D eigenvalue weighted by atomic mass is 9.96. The van der Waals surface area contributed by atoms with Gasteiger partial charge >= 0.3 is 0 Å². The minimum Gasteiger partial charge on any atom is -0.357 e. The number of hydrogen-bond acceptors (Lipinski definition) is 2. The van der Waals surface area contributed by atoms with Crippen LogP contribution in [0.3, 0.4) is 0 Å². The minimum absolute atomic E-state index is 0.609. The molecule has 0 unspecified atom stereocenters. The van der Waals surface area contributed by atoms with Crippen molar-refractivity contribution in [1.29, 1.82) is 0 Å². The Labute approximate surface area is 119 Å². The second-order valence-electron chi connectivity index (χ2n) is 5.26. The summed E-state index contributed by atoms with van der Waals surface area (Å²) in [6.45, 7) is 8.87. The van der Waals surface area contributed by atoms with E-state index in [-0.39, 0.29) is 0 Å². The van der Waals surface area contributed by atoms with Crippen LogP contribution in [0.15, 0.2) is 59.7 Å². The summed E-state index contributed by atoms with van der Waals surface area (Å²) in [7, 11) is 0. The van der Waals surface area contributed by atoms with E-state index in [4.69, 9.17) is 4.99 Å². The molecule has 3 rings (SSSR count). The first-order valence-corrected chi connectivity index (χ1v) is 6.81. The van der Waals surface area contributed by atoms with Gasteiger partial charge in [0.1, 0.15) is 0 Å². The van der Waals surface area contributed by atoms with Gasteiger partial charge in [0.2, 0.25) is 0 Å². The molecule has 2 aromatic carbocycles. The lowest BCUT2D eigenvalue weighted by molar-refractivity contribution is 1.16. The monoisotopic (exact) mass is 262 g/mol. The zero-order valence-corrected chi connectivity index (χ0v) is 11.9. The van der Waals surface area contributed by atoms with Gasteiger partial charge < -0.3 is 5.32 Å². The maximum atomic E-state index is 4.77. The number of nitrogens with zero attached hydrogens (tertiary/aromatic N) is 1. The number of aryl methyl sites for hydroxylation is 2. The number of rotatable bonds is 1. The van der Waals surface area contributed by atoms with Crippen molar-refractivity contribution < 1.29 is 0 Å². The van der Waals surface area contributed by atoms with E-state index in [1.165, 1.54) is 16.7 Å². The fourth-order valence-electron chi connectivity index (χ4n) is 2.52. The summed E-state index contributed by atoms with van der Waals surface area (Å²) < 4.78 is 0. The molecule has 0 fully saturated rings. The Balaban J connectivity index is 2.23. The summed E-state index contributed by atoms with van der Waals surface area (Å²) in [5.41, 5.74) is 7.88. The molecule has 0 saturated carbocycles. The van der Waals surface area contributed by atoms with Crippen molar-refractivity contribution in [2.75, 3.05) is 11.9 Å². The van der Waals surface area contributed by atoms with E-state index >= 15 is 0 Å². The molecule has 0 spiro atoms. The topological polar surface area (TPSA) is 24.4 Å². The van der Waals surface area contributed by atoms with Crippen LogP contribution < -0.4 is 5.32 Å². The van der Waals surface area contributed by atoms with Crippen LogP contribution in [-0.4, -0.2) is 12.3 Å². The summed E-state index contributed by atoms with van der Waals surface area (Å²) in [6.07, 6.45) is 0. The Morgan fingerprint density at radius 3 is 2.65 bits per heavy atom. The number of hydrogen-bond donors (Lipinski definition) is 1. The van der Waals surface area contributed by atoms with Gasteiger partial charge in [-0.05, 0) is 31.5 Å². The van der Waals surface area contributed by atoms with Crippen LogP contribution in [0.4, 0.5) is 5.69 Å². The Bertz CT molecular complexity index is 711. The van der Waals surface area contributed by atoms with Crippen LogP contribution in [0.5, 0.6) is 0 Å². The van der Waals surface area contributed by atoms with Crippen molar-refractivity contribution in [3.63, 3.8) is 0 Å². The van der Waals surface area contributed by atoms with Gasteiger partial charge in [-0.15, -0.1) is 0 Å². The van der Waals surface area contributed by atoms with Crippen LogP contribution in [0.1, 0.15) is 22.3 Å². The first kappa shape index (κ1) is 12.7. The molecule has 100 valence electrons. The maximum Gasteiger partial charge on any atom is 0.0791 e. The quantitative estimate of drug-likeness (QED) is 0.822. The molecule has 20 heavy (non-hydrogen) atoms. The lowest BCUT2D eigenvalue weighted by Gasteiger charge is -2.13. The van der Waals surface area contributed by atoms with E-state index in [0.717, 1.165) is 22.7 Å². The molecule has 0 amide bonds. The molecule has 0 aliphatic carbocycles. The van der Waals surface area contributed by atoms with E-state index < -0.39 is 0 Å². The fraction of sp³-hybridized carbons (Fsp3) is 0.167. The van der Waals surface area contributed by atoms with E-state index in [1.807, 2.05) is 0 Å². The molecule has 0 saturated heterocycles. The average molecular weight is 262 g/mol. The third kappa shape index (κ3) is 2.25. The second-order valence-corrected chi connectivity index (χ2v) is 5.26. The molecule has 2 nitrogen and oxygen atoms in total. The standard InChI is InChI=1S/C18H18N2/c1-12-8-9-17-16(10-12)18(19-11-14(3)20-17)15-7-5-4-6-13(15)2/h4-10,20H,3,11H2,1-2H3. The maximum absolute atomic E-state index is 4.77. The summed E-state index contributed by atoms with van der Waals surface area (Å²) in [5, 5.41) is 3.36. The zero-order chi connectivity index (χ0) is 14.1. The highest BCUT2D eigenvalue weighted by Crippen LogP contribution is 2.26. The molecular formula is C18H18N2. The Kier molecular flexibility index (Phi) is 3.15. The number of benzene rings is 2. The molecule has 1 aliphatic rings. The normalized spacial score (nSPS) is 14.1. The van der Waals surface area contributed by atoms with E-state index in [9.17, 15) is 0 Å². The Hall–Kier alpha value is -2.35. The second kappa shape index (κ2) is 4.97. The van der Waals surface area contributed by atoms with Crippen molar-refractivity contribution in [2.24, 2.45) is 4.99 Å². The number of nitrogens with one attached hydrogen (secondary N) is 1. The summed E-state index contributed by atoms with van der Waals surface area (Å²) >= 11 is 0. The van der Waals surface area contributed by atoms with E-state index in [1.54, 1.807) is 0 Å². The summed E-state index contributed by atoms with van der Waals surface area (Å²) in [6, 6.07) is 14.8. The van der Waals surface area contributed by atoms with Crippen LogP contribution >= 0.6 is 0 Å². The van der Waals surface area contributed by atoms with E-state index in [0.29, 0.717) is 6.54 Å². The van der Waals surface area contributed by atoms with Gasteiger partial charge in [0, 0.05) is 22.5 Å². The van der Waals surface area contributed by atoms with Crippen LogP contribution in [0.25, 0.3) is 0 Å². The predicted octanol–water partition coefficient (Wildman–Crippen LogP) is 4.08. The van der Waals surface area contributed by atoms with Crippen molar-refractivity contribution in [2.45, 2.75) is 13.8 Å². The van der Waals surface area contributed by atoms with Gasteiger partial charge in [0.25, 0.3) is 0 Å². The molecule has 1 heterocycles. The van der Waals surface area contributed by atoms with E-state index in [2.05, 4.69) is 68.2 Å². The van der Waals surface area contributed by atoms with Gasteiger partial charge in [-0.25, -0.2) is 0 Å². The van der Waals surface area contributed by atoms with Gasteiger partial charge in [-0.1, -0.05) is 42.5 Å². The van der Waals surface area contributed by atoms with Gasteiger partial charge in [0.15, 0.2) is 0 Å². The molecule has 1 aliphatic heterocycles. The number of anilines is 1. The average Bonchev–Trinajstić information content (AvgIpc) is 2.58. The molecular weight excluding hydrogens is 244 g/mol. The smallest absolute Gasteiger partial charge is 0.0791 e. The first-order chi connectivity index (χ1) is 9.65. The molecule has 0 radical (unpaired) electrons. The highest BCUT2D eigenvalue weighted by atomic mass is 15.0. The molecule has 1 N–H and O–H groups in total. The van der Waals surface area contributed by atoms with Gasteiger partial charge in [-0.2, -0.15) is 0 Å². The van der Waals surface area contributed by atoms with Gasteiger partial charge in [-0.3, -0.25) is 4.99 Å². The van der Waals surface area contributed by atoms with Gasteiger partial charge in [0.05, 0.1) is 12.3 Å². The third-order valence-corrected chi connectivity index (χ3v) is 3.57. The first-order valence-electron chi connectivity index (χ1n) is 6.81.